The number of aryl methyl sites for hydroxylation is 1. The Morgan fingerprint density at radius 3 is 2.76 bits per heavy atom. The minimum absolute atomic E-state index is 0.00173. The lowest BCUT2D eigenvalue weighted by molar-refractivity contribution is 0.0725. The average molecular weight is 237 g/mol. The Bertz CT molecular complexity index is 447. The summed E-state index contributed by atoms with van der Waals surface area (Å²) in [6.07, 6.45) is 0.115. The predicted molar refractivity (Wildman–Crippen MR) is 62.3 cm³/mol. The van der Waals surface area contributed by atoms with E-state index in [0.717, 1.165) is 0 Å². The molecule has 1 heterocycles. The van der Waals surface area contributed by atoms with E-state index in [0.29, 0.717) is 24.1 Å². The van der Waals surface area contributed by atoms with Crippen molar-refractivity contribution in [1.82, 2.24) is 4.90 Å². The van der Waals surface area contributed by atoms with Gasteiger partial charge in [0.25, 0.3) is 5.91 Å². The van der Waals surface area contributed by atoms with E-state index < -0.39 is 6.10 Å². The Morgan fingerprint density at radius 1 is 1.53 bits per heavy atom. The Labute approximate surface area is 99.9 Å². The van der Waals surface area contributed by atoms with Crippen LogP contribution in [0.3, 0.4) is 0 Å². The Balaban J connectivity index is 2.22. The first-order valence-electron chi connectivity index (χ1n) is 5.74. The molecule has 4 heteroatoms. The molecule has 0 unspecified atom stereocenters. The summed E-state index contributed by atoms with van der Waals surface area (Å²) in [5.41, 5.74) is 0.866. The first-order chi connectivity index (χ1) is 7.99. The normalized spacial score (nSPS) is 24.1. The van der Waals surface area contributed by atoms with Gasteiger partial charge in [-0.05, 0) is 38.0 Å². The molecule has 92 valence electrons. The maximum atomic E-state index is 13.4. The monoisotopic (exact) mass is 237 g/mol. The van der Waals surface area contributed by atoms with Crippen molar-refractivity contribution in [2.45, 2.75) is 32.4 Å². The van der Waals surface area contributed by atoms with Crippen molar-refractivity contribution in [3.05, 3.63) is 35.1 Å². The molecule has 1 aliphatic heterocycles. The average Bonchev–Trinajstić information content (AvgIpc) is 2.61. The van der Waals surface area contributed by atoms with Gasteiger partial charge in [-0.15, -0.1) is 0 Å². The number of aliphatic hydroxyl groups excluding tert-OH is 1. The van der Waals surface area contributed by atoms with E-state index in [9.17, 15) is 14.3 Å². The molecule has 1 aromatic rings. The zero-order valence-corrected chi connectivity index (χ0v) is 9.98. The van der Waals surface area contributed by atoms with Gasteiger partial charge in [-0.2, -0.15) is 0 Å². The van der Waals surface area contributed by atoms with Gasteiger partial charge in [0.1, 0.15) is 5.82 Å². The minimum atomic E-state index is -0.468. The van der Waals surface area contributed by atoms with Gasteiger partial charge < -0.3 is 10.0 Å². The number of hydrogen-bond acceptors (Lipinski definition) is 2. The van der Waals surface area contributed by atoms with Crippen LogP contribution >= 0.6 is 0 Å². The number of likely N-dealkylation sites (tertiary alicyclic amines) is 1. The highest BCUT2D eigenvalue weighted by Crippen LogP contribution is 2.21. The van der Waals surface area contributed by atoms with Crippen LogP contribution in [0, 0.1) is 12.7 Å². The van der Waals surface area contributed by atoms with Crippen LogP contribution in [0.4, 0.5) is 4.39 Å². The highest BCUT2D eigenvalue weighted by atomic mass is 19.1. The molecular formula is C13H16FNO2. The molecule has 17 heavy (non-hydrogen) atoms. The van der Waals surface area contributed by atoms with Crippen molar-refractivity contribution >= 4 is 5.91 Å². The molecule has 0 spiro atoms. The fourth-order valence-electron chi connectivity index (χ4n) is 2.18. The molecule has 2 rings (SSSR count). The molecule has 1 amide bonds. The molecule has 0 bridgehead atoms. The largest absolute Gasteiger partial charge is 0.391 e. The molecule has 1 fully saturated rings. The number of amides is 1. The number of rotatable bonds is 1. The maximum absolute atomic E-state index is 13.4. The summed E-state index contributed by atoms with van der Waals surface area (Å²) in [6.45, 7) is 3.87. The summed E-state index contributed by atoms with van der Waals surface area (Å²) in [7, 11) is 0. The van der Waals surface area contributed by atoms with Crippen molar-refractivity contribution in [2.75, 3.05) is 6.54 Å². The number of aliphatic hydroxyl groups is 1. The van der Waals surface area contributed by atoms with Crippen molar-refractivity contribution in [3.8, 4) is 0 Å². The zero-order chi connectivity index (χ0) is 12.6. The fraction of sp³-hybridized carbons (Fsp3) is 0.462. The molecule has 0 saturated carbocycles. The Hall–Kier alpha value is -1.42. The molecule has 1 saturated heterocycles. The number of β-amino-alcohol motifs (C(OH)–C–C–N with tert-alkyl or cyclic N) is 1. The highest BCUT2D eigenvalue weighted by molar-refractivity contribution is 5.94. The predicted octanol–water partition coefficient (Wildman–Crippen LogP) is 1.73. The van der Waals surface area contributed by atoms with Crippen molar-refractivity contribution in [3.63, 3.8) is 0 Å². The summed E-state index contributed by atoms with van der Waals surface area (Å²) >= 11 is 0. The molecule has 1 aromatic carbocycles. The number of carbonyl (C=O) groups excluding carboxylic acids is 1. The molecule has 0 aromatic heterocycles. The summed E-state index contributed by atoms with van der Waals surface area (Å²) < 4.78 is 13.4. The molecular weight excluding hydrogens is 221 g/mol. The van der Waals surface area contributed by atoms with E-state index in [-0.39, 0.29) is 17.8 Å². The quantitative estimate of drug-likeness (QED) is 0.808. The second-order valence-electron chi connectivity index (χ2n) is 4.66. The van der Waals surface area contributed by atoms with E-state index in [2.05, 4.69) is 0 Å². The third-order valence-electron chi connectivity index (χ3n) is 3.23. The minimum Gasteiger partial charge on any atom is -0.391 e. The second-order valence-corrected chi connectivity index (χ2v) is 4.66. The molecule has 0 aliphatic carbocycles. The summed E-state index contributed by atoms with van der Waals surface area (Å²) in [4.78, 5) is 13.7. The zero-order valence-electron chi connectivity index (χ0n) is 9.98. The molecule has 2 atom stereocenters. The number of hydrogen-bond donors (Lipinski definition) is 1. The van der Waals surface area contributed by atoms with E-state index >= 15 is 0 Å². The second kappa shape index (κ2) is 4.45. The smallest absolute Gasteiger partial charge is 0.254 e. The van der Waals surface area contributed by atoms with Crippen LogP contribution in [0.1, 0.15) is 29.3 Å². The highest BCUT2D eigenvalue weighted by Gasteiger charge is 2.31. The first-order valence-corrected chi connectivity index (χ1v) is 5.74. The lowest BCUT2D eigenvalue weighted by atomic mass is 10.1. The fourth-order valence-corrected chi connectivity index (χ4v) is 2.18. The Morgan fingerprint density at radius 2 is 2.24 bits per heavy atom. The van der Waals surface area contributed by atoms with Gasteiger partial charge in [0.2, 0.25) is 0 Å². The third kappa shape index (κ3) is 2.31. The summed E-state index contributed by atoms with van der Waals surface area (Å²) in [5.74, 6) is -0.587. The van der Waals surface area contributed by atoms with Crippen LogP contribution in [-0.2, 0) is 0 Å². The van der Waals surface area contributed by atoms with Crippen LogP contribution in [0.15, 0.2) is 18.2 Å². The van der Waals surface area contributed by atoms with Crippen molar-refractivity contribution in [1.29, 1.82) is 0 Å². The van der Waals surface area contributed by atoms with Gasteiger partial charge in [-0.25, -0.2) is 4.39 Å². The van der Waals surface area contributed by atoms with Gasteiger partial charge in [0, 0.05) is 18.2 Å². The van der Waals surface area contributed by atoms with E-state index in [1.807, 2.05) is 6.92 Å². The number of halogens is 1. The topological polar surface area (TPSA) is 40.5 Å². The lowest BCUT2D eigenvalue weighted by Gasteiger charge is -2.21. The lowest BCUT2D eigenvalue weighted by Crippen LogP contribution is -2.34. The van der Waals surface area contributed by atoms with E-state index in [1.165, 1.54) is 6.07 Å². The van der Waals surface area contributed by atoms with Crippen LogP contribution in [0.25, 0.3) is 0 Å². The number of carbonyl (C=O) groups is 1. The first kappa shape index (κ1) is 12.0. The molecule has 3 nitrogen and oxygen atoms in total. The summed E-state index contributed by atoms with van der Waals surface area (Å²) in [5, 5.41) is 9.50. The Kier molecular flexibility index (Phi) is 3.15. The van der Waals surface area contributed by atoms with Gasteiger partial charge in [0.05, 0.1) is 6.10 Å². The van der Waals surface area contributed by atoms with Crippen LogP contribution in [0.2, 0.25) is 0 Å². The standard InChI is InChI=1S/C13H16FNO2/c1-8-3-4-10(6-12(8)14)13(17)15-7-11(16)5-9(15)2/h3-4,6,9,11,16H,5,7H2,1-2H3/t9-,11+/m0/s1. The molecule has 0 radical (unpaired) electrons. The molecule has 1 aliphatic rings. The van der Waals surface area contributed by atoms with Crippen LogP contribution in [0.5, 0.6) is 0 Å². The van der Waals surface area contributed by atoms with Gasteiger partial charge in [0.15, 0.2) is 0 Å². The van der Waals surface area contributed by atoms with E-state index in [4.69, 9.17) is 0 Å². The van der Waals surface area contributed by atoms with Gasteiger partial charge in [-0.1, -0.05) is 6.07 Å². The van der Waals surface area contributed by atoms with Crippen molar-refractivity contribution in [2.24, 2.45) is 0 Å². The SMILES string of the molecule is Cc1ccc(C(=O)N2C[C@H](O)C[C@@H]2C)cc1F. The van der Waals surface area contributed by atoms with Crippen LogP contribution < -0.4 is 0 Å². The van der Waals surface area contributed by atoms with E-state index in [1.54, 1.807) is 24.0 Å². The van der Waals surface area contributed by atoms with Crippen LogP contribution in [-0.4, -0.2) is 34.6 Å². The number of nitrogens with zero attached hydrogens (tertiary/aromatic N) is 1. The number of benzene rings is 1. The third-order valence-corrected chi connectivity index (χ3v) is 3.23. The maximum Gasteiger partial charge on any atom is 0.254 e. The summed E-state index contributed by atoms with van der Waals surface area (Å²) in [6, 6.07) is 4.48. The van der Waals surface area contributed by atoms with Gasteiger partial charge >= 0.3 is 0 Å². The molecule has 1 N–H and O–H groups in total. The van der Waals surface area contributed by atoms with Gasteiger partial charge in [-0.3, -0.25) is 4.79 Å². The van der Waals surface area contributed by atoms with Crippen molar-refractivity contribution < 1.29 is 14.3 Å².